The fourth-order valence-corrected chi connectivity index (χ4v) is 2.42. The molecular formula is C15H23N5O4. The maximum absolute atomic E-state index is 12.1. The molecule has 9 nitrogen and oxygen atoms in total. The van der Waals surface area contributed by atoms with Gasteiger partial charge in [-0.15, -0.1) is 0 Å². The number of carboxylic acids is 1. The molecule has 2 heterocycles. The van der Waals surface area contributed by atoms with Crippen molar-refractivity contribution in [2.45, 2.75) is 19.8 Å². The highest BCUT2D eigenvalue weighted by atomic mass is 16.5. The molecule has 1 aromatic heterocycles. The Morgan fingerprint density at radius 3 is 2.92 bits per heavy atom. The highest BCUT2D eigenvalue weighted by Crippen LogP contribution is 2.15. The SMILES string of the molecule is CCOc1ccnc(N2CCCN(C(=O)NCCC(=O)O)CC2)n1. The van der Waals surface area contributed by atoms with Gasteiger partial charge in [0.15, 0.2) is 0 Å². The van der Waals surface area contributed by atoms with E-state index in [0.717, 1.165) is 13.0 Å². The first-order valence-corrected chi connectivity index (χ1v) is 8.05. The van der Waals surface area contributed by atoms with Crippen molar-refractivity contribution in [3.05, 3.63) is 12.3 Å². The lowest BCUT2D eigenvalue weighted by atomic mass is 10.4. The fourth-order valence-electron chi connectivity index (χ4n) is 2.42. The van der Waals surface area contributed by atoms with Crippen LogP contribution in [0.5, 0.6) is 5.88 Å². The second-order valence-corrected chi connectivity index (χ2v) is 5.33. The van der Waals surface area contributed by atoms with Gasteiger partial charge in [0, 0.05) is 45.0 Å². The third-order valence-electron chi connectivity index (χ3n) is 3.59. The summed E-state index contributed by atoms with van der Waals surface area (Å²) >= 11 is 0. The number of nitrogens with zero attached hydrogens (tertiary/aromatic N) is 4. The number of nitrogens with one attached hydrogen (secondary N) is 1. The predicted molar refractivity (Wildman–Crippen MR) is 87.3 cm³/mol. The minimum atomic E-state index is -0.927. The molecule has 132 valence electrons. The van der Waals surface area contributed by atoms with Crippen LogP contribution in [0.2, 0.25) is 0 Å². The summed E-state index contributed by atoms with van der Waals surface area (Å²) in [5.74, 6) is 0.202. The normalized spacial score (nSPS) is 14.9. The van der Waals surface area contributed by atoms with Crippen LogP contribution in [0.25, 0.3) is 0 Å². The largest absolute Gasteiger partial charge is 0.481 e. The van der Waals surface area contributed by atoms with Crippen molar-refractivity contribution in [1.29, 1.82) is 0 Å². The van der Waals surface area contributed by atoms with Crippen LogP contribution in [-0.2, 0) is 4.79 Å². The fraction of sp³-hybridized carbons (Fsp3) is 0.600. The van der Waals surface area contributed by atoms with Gasteiger partial charge < -0.3 is 25.0 Å². The van der Waals surface area contributed by atoms with E-state index in [1.165, 1.54) is 0 Å². The van der Waals surface area contributed by atoms with Gasteiger partial charge in [-0.1, -0.05) is 0 Å². The summed E-state index contributed by atoms with van der Waals surface area (Å²) in [6.45, 7) is 5.07. The smallest absolute Gasteiger partial charge is 0.317 e. The van der Waals surface area contributed by atoms with Crippen LogP contribution >= 0.6 is 0 Å². The summed E-state index contributed by atoms with van der Waals surface area (Å²) in [6, 6.07) is 1.48. The van der Waals surface area contributed by atoms with E-state index in [9.17, 15) is 9.59 Å². The minimum absolute atomic E-state index is 0.0796. The van der Waals surface area contributed by atoms with E-state index < -0.39 is 5.97 Å². The molecule has 1 saturated heterocycles. The molecule has 0 aliphatic carbocycles. The number of ether oxygens (including phenoxy) is 1. The van der Waals surface area contributed by atoms with Crippen LogP contribution in [-0.4, -0.2) is 71.3 Å². The maximum Gasteiger partial charge on any atom is 0.317 e. The summed E-state index contributed by atoms with van der Waals surface area (Å²) in [7, 11) is 0. The first kappa shape index (κ1) is 17.8. The van der Waals surface area contributed by atoms with Crippen molar-refractivity contribution in [3.8, 4) is 5.88 Å². The summed E-state index contributed by atoms with van der Waals surface area (Å²) in [6.07, 6.45) is 2.37. The summed E-state index contributed by atoms with van der Waals surface area (Å²) in [5.41, 5.74) is 0. The summed E-state index contributed by atoms with van der Waals surface area (Å²) in [4.78, 5) is 34.9. The van der Waals surface area contributed by atoms with Crippen molar-refractivity contribution >= 4 is 17.9 Å². The van der Waals surface area contributed by atoms with Crippen molar-refractivity contribution in [2.24, 2.45) is 0 Å². The van der Waals surface area contributed by atoms with Gasteiger partial charge in [-0.2, -0.15) is 4.98 Å². The van der Waals surface area contributed by atoms with Crippen LogP contribution in [0.15, 0.2) is 12.3 Å². The average Bonchev–Trinajstić information content (AvgIpc) is 2.81. The van der Waals surface area contributed by atoms with E-state index in [-0.39, 0.29) is 19.0 Å². The second-order valence-electron chi connectivity index (χ2n) is 5.33. The summed E-state index contributed by atoms with van der Waals surface area (Å²) in [5, 5.41) is 11.2. The number of anilines is 1. The predicted octanol–water partition coefficient (Wildman–Crippen LogP) is 0.572. The molecule has 1 aromatic rings. The van der Waals surface area contributed by atoms with E-state index in [1.54, 1.807) is 17.2 Å². The van der Waals surface area contributed by atoms with Gasteiger partial charge in [0.1, 0.15) is 0 Å². The number of amides is 2. The number of carbonyl (C=O) groups excluding carboxylic acids is 1. The minimum Gasteiger partial charge on any atom is -0.481 e. The molecule has 0 spiro atoms. The van der Waals surface area contributed by atoms with Gasteiger partial charge in [0.2, 0.25) is 11.8 Å². The molecule has 2 rings (SSSR count). The maximum atomic E-state index is 12.1. The van der Waals surface area contributed by atoms with Gasteiger partial charge in [-0.3, -0.25) is 4.79 Å². The molecule has 1 fully saturated rings. The monoisotopic (exact) mass is 337 g/mol. The van der Waals surface area contributed by atoms with E-state index in [1.807, 2.05) is 11.8 Å². The zero-order valence-corrected chi connectivity index (χ0v) is 13.8. The Kier molecular flexibility index (Phi) is 6.59. The van der Waals surface area contributed by atoms with Crippen molar-refractivity contribution in [1.82, 2.24) is 20.2 Å². The molecule has 2 N–H and O–H groups in total. The van der Waals surface area contributed by atoms with E-state index >= 15 is 0 Å². The molecule has 2 amide bonds. The van der Waals surface area contributed by atoms with Crippen LogP contribution < -0.4 is 15.0 Å². The second kappa shape index (κ2) is 8.90. The number of rotatable bonds is 6. The van der Waals surface area contributed by atoms with Crippen LogP contribution in [0.1, 0.15) is 19.8 Å². The number of urea groups is 1. The average molecular weight is 337 g/mol. The highest BCUT2D eigenvalue weighted by Gasteiger charge is 2.20. The number of hydrogen-bond donors (Lipinski definition) is 2. The first-order valence-electron chi connectivity index (χ1n) is 8.05. The molecule has 0 radical (unpaired) electrons. The first-order chi connectivity index (χ1) is 11.6. The number of carbonyl (C=O) groups is 2. The van der Waals surface area contributed by atoms with Gasteiger partial charge >= 0.3 is 12.0 Å². The van der Waals surface area contributed by atoms with E-state index in [2.05, 4.69) is 15.3 Å². The van der Waals surface area contributed by atoms with Crippen molar-refractivity contribution in [2.75, 3.05) is 44.2 Å². The van der Waals surface area contributed by atoms with Gasteiger partial charge in [0.05, 0.1) is 13.0 Å². The topological polar surface area (TPSA) is 108 Å². The van der Waals surface area contributed by atoms with Gasteiger partial charge in [-0.05, 0) is 13.3 Å². The molecule has 0 aromatic carbocycles. The molecule has 9 heteroatoms. The lowest BCUT2D eigenvalue weighted by molar-refractivity contribution is -0.136. The van der Waals surface area contributed by atoms with Crippen molar-refractivity contribution < 1.29 is 19.4 Å². The highest BCUT2D eigenvalue weighted by molar-refractivity contribution is 5.75. The Hall–Kier alpha value is -2.58. The molecular weight excluding hydrogens is 314 g/mol. The Morgan fingerprint density at radius 2 is 2.17 bits per heavy atom. The van der Waals surface area contributed by atoms with Crippen LogP contribution in [0.4, 0.5) is 10.7 Å². The van der Waals surface area contributed by atoms with Gasteiger partial charge in [-0.25, -0.2) is 9.78 Å². The molecule has 0 bridgehead atoms. The number of hydrogen-bond acceptors (Lipinski definition) is 6. The third kappa shape index (κ3) is 5.25. The molecule has 24 heavy (non-hydrogen) atoms. The van der Waals surface area contributed by atoms with Crippen molar-refractivity contribution in [3.63, 3.8) is 0 Å². The Labute approximate surface area is 140 Å². The molecule has 0 unspecified atom stereocenters. The molecule has 1 aliphatic rings. The summed E-state index contributed by atoms with van der Waals surface area (Å²) < 4.78 is 5.39. The van der Waals surface area contributed by atoms with Crippen LogP contribution in [0.3, 0.4) is 0 Å². The lowest BCUT2D eigenvalue weighted by Crippen LogP contribution is -2.42. The molecule has 0 atom stereocenters. The van der Waals surface area contributed by atoms with Gasteiger partial charge in [0.25, 0.3) is 0 Å². The molecule has 1 aliphatic heterocycles. The molecule has 0 saturated carbocycles. The van der Waals surface area contributed by atoms with Crippen LogP contribution in [0, 0.1) is 0 Å². The standard InChI is InChI=1S/C15H23N5O4/c1-2-24-12-4-6-16-14(18-12)19-8-3-9-20(11-10-19)15(23)17-7-5-13(21)22/h4,6H,2-3,5,7-11H2,1H3,(H,17,23)(H,21,22). The van der Waals surface area contributed by atoms with E-state index in [0.29, 0.717) is 38.1 Å². The zero-order valence-electron chi connectivity index (χ0n) is 13.8. The Bertz CT molecular complexity index is 569. The zero-order chi connectivity index (χ0) is 17.4. The number of aliphatic carboxylic acids is 1. The lowest BCUT2D eigenvalue weighted by Gasteiger charge is -2.22. The number of aromatic nitrogens is 2. The third-order valence-corrected chi connectivity index (χ3v) is 3.59. The quantitative estimate of drug-likeness (QED) is 0.781. The number of carboxylic acid groups (broad SMARTS) is 1. The Balaban J connectivity index is 1.89. The Morgan fingerprint density at radius 1 is 1.33 bits per heavy atom. The van der Waals surface area contributed by atoms with E-state index in [4.69, 9.17) is 9.84 Å².